The zero-order chi connectivity index (χ0) is 19.6. The Morgan fingerprint density at radius 1 is 1.04 bits per heavy atom. The van der Waals surface area contributed by atoms with Gasteiger partial charge in [0.1, 0.15) is 16.9 Å². The van der Waals surface area contributed by atoms with Crippen LogP contribution in [0.1, 0.15) is 82.1 Å². The molecule has 1 aromatic carbocycles. The van der Waals surface area contributed by atoms with Gasteiger partial charge in [-0.05, 0) is 51.3 Å². The molecule has 0 bridgehead atoms. The summed E-state index contributed by atoms with van der Waals surface area (Å²) in [6.07, 6.45) is 8.08. The van der Waals surface area contributed by atoms with Gasteiger partial charge < -0.3 is 14.6 Å². The van der Waals surface area contributed by atoms with E-state index in [1.54, 1.807) is 32.9 Å². The molecule has 5 heteroatoms. The van der Waals surface area contributed by atoms with Crippen molar-refractivity contribution >= 4 is 11.9 Å². The fraction of sp³-hybridized carbons (Fsp3) is 0.619. The number of hydrogen-bond acceptors (Lipinski definition) is 4. The van der Waals surface area contributed by atoms with Crippen LogP contribution in [0.2, 0.25) is 0 Å². The number of unbranched alkanes of at least 4 members (excludes halogenated alkanes) is 5. The molecule has 0 spiro atoms. The molecule has 0 saturated heterocycles. The van der Waals surface area contributed by atoms with Gasteiger partial charge in [0.2, 0.25) is 0 Å². The van der Waals surface area contributed by atoms with Gasteiger partial charge in [0, 0.05) is 0 Å². The minimum Gasteiger partial charge on any atom is -0.481 e. The van der Waals surface area contributed by atoms with Gasteiger partial charge in [-0.25, -0.2) is 9.59 Å². The predicted octanol–water partition coefficient (Wildman–Crippen LogP) is 5.01. The molecule has 0 heterocycles. The van der Waals surface area contributed by atoms with Crippen LogP contribution in [0.25, 0.3) is 0 Å². The van der Waals surface area contributed by atoms with Gasteiger partial charge in [-0.15, -0.1) is 0 Å². The quantitative estimate of drug-likeness (QED) is 0.441. The van der Waals surface area contributed by atoms with Gasteiger partial charge in [0.25, 0.3) is 0 Å². The highest BCUT2D eigenvalue weighted by atomic mass is 16.6. The van der Waals surface area contributed by atoms with E-state index in [-0.39, 0.29) is 17.9 Å². The van der Waals surface area contributed by atoms with Gasteiger partial charge in [0.05, 0.1) is 0 Å². The molecule has 0 atom stereocenters. The lowest BCUT2D eigenvalue weighted by Crippen LogP contribution is -2.27. The molecule has 0 fully saturated rings. The number of carboxylic acids is 1. The SMILES string of the molecule is CCCCCCCCc1ccc(C(=O)O)c(OCC(=O)OC(C)(C)C)c1. The molecule has 0 saturated carbocycles. The average Bonchev–Trinajstić information content (AvgIpc) is 2.54. The second-order valence-corrected chi connectivity index (χ2v) is 7.53. The second kappa shape index (κ2) is 10.8. The van der Waals surface area contributed by atoms with E-state index in [0.717, 1.165) is 24.8 Å². The normalized spacial score (nSPS) is 11.2. The smallest absolute Gasteiger partial charge is 0.344 e. The first-order chi connectivity index (χ1) is 12.2. The fourth-order valence-corrected chi connectivity index (χ4v) is 2.64. The Morgan fingerprint density at radius 2 is 1.69 bits per heavy atom. The molecule has 0 radical (unpaired) electrons. The zero-order valence-electron chi connectivity index (χ0n) is 16.5. The Bertz CT molecular complexity index is 587. The van der Waals surface area contributed by atoms with Crippen molar-refractivity contribution in [3.8, 4) is 5.75 Å². The Hall–Kier alpha value is -2.04. The minimum absolute atomic E-state index is 0.0558. The molecule has 146 valence electrons. The summed E-state index contributed by atoms with van der Waals surface area (Å²) in [5.74, 6) is -1.38. The van der Waals surface area contributed by atoms with Crippen LogP contribution < -0.4 is 4.74 Å². The van der Waals surface area contributed by atoms with Crippen LogP contribution >= 0.6 is 0 Å². The van der Waals surface area contributed by atoms with Crippen LogP contribution in [-0.2, 0) is 16.0 Å². The summed E-state index contributed by atoms with van der Waals surface area (Å²) in [6.45, 7) is 7.21. The summed E-state index contributed by atoms with van der Waals surface area (Å²) in [4.78, 5) is 23.2. The van der Waals surface area contributed by atoms with E-state index >= 15 is 0 Å². The first-order valence-corrected chi connectivity index (χ1v) is 9.44. The molecular weight excluding hydrogens is 332 g/mol. The highest BCUT2D eigenvalue weighted by Crippen LogP contribution is 2.22. The maximum atomic E-state index is 11.8. The van der Waals surface area contributed by atoms with Crippen LogP contribution in [0.15, 0.2) is 18.2 Å². The summed E-state index contributed by atoms with van der Waals surface area (Å²) in [7, 11) is 0. The number of esters is 1. The molecular formula is C21H32O5. The van der Waals surface area contributed by atoms with E-state index in [1.165, 1.54) is 25.7 Å². The van der Waals surface area contributed by atoms with Crippen molar-refractivity contribution in [3.05, 3.63) is 29.3 Å². The summed E-state index contributed by atoms with van der Waals surface area (Å²) in [5.41, 5.74) is 0.473. The lowest BCUT2D eigenvalue weighted by atomic mass is 10.0. The Balaban J connectivity index is 2.64. The van der Waals surface area contributed by atoms with E-state index in [4.69, 9.17) is 9.47 Å². The van der Waals surface area contributed by atoms with Crippen molar-refractivity contribution in [2.45, 2.75) is 78.2 Å². The fourth-order valence-electron chi connectivity index (χ4n) is 2.64. The van der Waals surface area contributed by atoms with Crippen molar-refractivity contribution < 1.29 is 24.2 Å². The molecule has 1 rings (SSSR count). The lowest BCUT2D eigenvalue weighted by molar-refractivity contribution is -0.157. The molecule has 26 heavy (non-hydrogen) atoms. The second-order valence-electron chi connectivity index (χ2n) is 7.53. The van der Waals surface area contributed by atoms with Gasteiger partial charge in [-0.1, -0.05) is 45.1 Å². The first kappa shape index (κ1) is 22.0. The number of rotatable bonds is 11. The van der Waals surface area contributed by atoms with Crippen molar-refractivity contribution in [1.82, 2.24) is 0 Å². The van der Waals surface area contributed by atoms with Crippen molar-refractivity contribution in [2.75, 3.05) is 6.61 Å². The van der Waals surface area contributed by atoms with Crippen LogP contribution in [-0.4, -0.2) is 29.3 Å². The van der Waals surface area contributed by atoms with Gasteiger partial charge in [-0.3, -0.25) is 0 Å². The average molecular weight is 364 g/mol. The van der Waals surface area contributed by atoms with Crippen LogP contribution in [0.5, 0.6) is 5.75 Å². The maximum Gasteiger partial charge on any atom is 0.344 e. The van der Waals surface area contributed by atoms with Crippen LogP contribution in [0.4, 0.5) is 0 Å². The van der Waals surface area contributed by atoms with Crippen LogP contribution in [0, 0.1) is 0 Å². The Morgan fingerprint density at radius 3 is 2.31 bits per heavy atom. The Labute approximate surface area is 156 Å². The van der Waals surface area contributed by atoms with E-state index in [0.29, 0.717) is 0 Å². The van der Waals surface area contributed by atoms with Gasteiger partial charge in [-0.2, -0.15) is 0 Å². The van der Waals surface area contributed by atoms with E-state index in [2.05, 4.69) is 6.92 Å². The maximum absolute atomic E-state index is 11.8. The number of benzene rings is 1. The molecule has 0 amide bonds. The third-order valence-electron chi connectivity index (χ3n) is 3.86. The largest absolute Gasteiger partial charge is 0.481 e. The molecule has 0 aliphatic carbocycles. The monoisotopic (exact) mass is 364 g/mol. The third-order valence-corrected chi connectivity index (χ3v) is 3.86. The Kier molecular flexibility index (Phi) is 9.17. The van der Waals surface area contributed by atoms with Gasteiger partial charge >= 0.3 is 11.9 Å². The summed E-state index contributed by atoms with van der Waals surface area (Å²) >= 11 is 0. The molecule has 5 nitrogen and oxygen atoms in total. The van der Waals surface area contributed by atoms with E-state index in [1.807, 2.05) is 6.07 Å². The minimum atomic E-state index is -1.07. The first-order valence-electron chi connectivity index (χ1n) is 9.44. The third kappa shape index (κ3) is 8.88. The number of carboxylic acid groups (broad SMARTS) is 1. The van der Waals surface area contributed by atoms with Crippen molar-refractivity contribution in [2.24, 2.45) is 0 Å². The number of ether oxygens (including phenoxy) is 2. The van der Waals surface area contributed by atoms with Crippen molar-refractivity contribution in [3.63, 3.8) is 0 Å². The zero-order valence-corrected chi connectivity index (χ0v) is 16.5. The number of aromatic carboxylic acids is 1. The summed E-state index contributed by atoms with van der Waals surface area (Å²) in [6, 6.07) is 5.08. The van der Waals surface area contributed by atoms with E-state index < -0.39 is 17.5 Å². The number of aryl methyl sites for hydroxylation is 1. The summed E-state index contributed by atoms with van der Waals surface area (Å²) < 4.78 is 10.6. The number of carbonyl (C=O) groups excluding carboxylic acids is 1. The molecule has 0 aliphatic rings. The lowest BCUT2D eigenvalue weighted by Gasteiger charge is -2.19. The number of carbonyl (C=O) groups is 2. The highest BCUT2D eigenvalue weighted by Gasteiger charge is 2.18. The molecule has 1 aromatic rings. The van der Waals surface area contributed by atoms with E-state index in [9.17, 15) is 14.7 Å². The molecule has 0 aromatic heterocycles. The number of hydrogen-bond donors (Lipinski definition) is 1. The highest BCUT2D eigenvalue weighted by molar-refractivity contribution is 5.91. The molecule has 0 aliphatic heterocycles. The topological polar surface area (TPSA) is 72.8 Å². The summed E-state index contributed by atoms with van der Waals surface area (Å²) in [5, 5.41) is 9.31. The van der Waals surface area contributed by atoms with Crippen molar-refractivity contribution in [1.29, 1.82) is 0 Å². The van der Waals surface area contributed by atoms with Gasteiger partial charge in [0.15, 0.2) is 6.61 Å². The van der Waals surface area contributed by atoms with Crippen LogP contribution in [0.3, 0.4) is 0 Å². The standard InChI is InChI=1S/C21H32O5/c1-5-6-7-8-9-10-11-16-12-13-17(20(23)24)18(14-16)25-15-19(22)26-21(2,3)4/h12-14H,5-11,15H2,1-4H3,(H,23,24). The predicted molar refractivity (Wildman–Crippen MR) is 102 cm³/mol. The molecule has 1 N–H and O–H groups in total. The molecule has 0 unspecified atom stereocenters.